The number of hydrogen-bond donors (Lipinski definition) is 1. The predicted octanol–water partition coefficient (Wildman–Crippen LogP) is 3.53. The van der Waals surface area contributed by atoms with Crippen LogP contribution in [0, 0.1) is 0 Å². The Kier molecular flexibility index (Phi) is 7.39. The molecule has 20 heavy (non-hydrogen) atoms. The fourth-order valence-corrected chi connectivity index (χ4v) is 2.77. The highest BCUT2D eigenvalue weighted by molar-refractivity contribution is 7.07. The molecule has 0 bridgehead atoms. The third kappa shape index (κ3) is 6.33. The van der Waals surface area contributed by atoms with Gasteiger partial charge in [-0.25, -0.2) is 0 Å². The fourth-order valence-electron chi connectivity index (χ4n) is 2.06. The van der Waals surface area contributed by atoms with E-state index >= 15 is 0 Å². The van der Waals surface area contributed by atoms with E-state index in [9.17, 15) is 0 Å². The van der Waals surface area contributed by atoms with Gasteiger partial charge in [0.2, 0.25) is 0 Å². The van der Waals surface area contributed by atoms with Crippen molar-refractivity contribution in [2.45, 2.75) is 19.3 Å². The summed E-state index contributed by atoms with van der Waals surface area (Å²) >= 11 is 1.76. The largest absolute Gasteiger partial charge is 0.380 e. The second-order valence-electron chi connectivity index (χ2n) is 4.83. The van der Waals surface area contributed by atoms with E-state index in [2.05, 4.69) is 52.5 Å². The van der Waals surface area contributed by atoms with Gasteiger partial charge in [0.15, 0.2) is 0 Å². The molecule has 0 aliphatic heterocycles. The molecular formula is C17H23NOS. The first-order valence-electron chi connectivity index (χ1n) is 7.28. The molecule has 0 aliphatic carbocycles. The SMILES string of the molecule is c1ccc(CCCOCCNCCc2ccsc2)cc1. The van der Waals surface area contributed by atoms with Crippen molar-refractivity contribution in [1.29, 1.82) is 0 Å². The van der Waals surface area contributed by atoms with Crippen LogP contribution in [0.1, 0.15) is 17.5 Å². The highest BCUT2D eigenvalue weighted by Crippen LogP contribution is 2.05. The van der Waals surface area contributed by atoms with E-state index in [-0.39, 0.29) is 0 Å². The quantitative estimate of drug-likeness (QED) is 0.676. The Labute approximate surface area is 125 Å². The molecule has 1 N–H and O–H groups in total. The lowest BCUT2D eigenvalue weighted by Gasteiger charge is -2.06. The molecule has 1 aromatic carbocycles. The molecule has 0 unspecified atom stereocenters. The van der Waals surface area contributed by atoms with Crippen LogP contribution in [0.15, 0.2) is 47.2 Å². The summed E-state index contributed by atoms with van der Waals surface area (Å²) in [7, 11) is 0. The molecule has 3 heteroatoms. The molecule has 0 saturated carbocycles. The van der Waals surface area contributed by atoms with Crippen molar-refractivity contribution in [3.63, 3.8) is 0 Å². The predicted molar refractivity (Wildman–Crippen MR) is 86.5 cm³/mol. The molecule has 0 aliphatic rings. The van der Waals surface area contributed by atoms with Crippen molar-refractivity contribution in [2.75, 3.05) is 26.3 Å². The maximum absolute atomic E-state index is 5.63. The zero-order valence-electron chi connectivity index (χ0n) is 11.9. The minimum absolute atomic E-state index is 0.804. The van der Waals surface area contributed by atoms with Crippen molar-refractivity contribution >= 4 is 11.3 Å². The molecule has 0 spiro atoms. The van der Waals surface area contributed by atoms with Gasteiger partial charge >= 0.3 is 0 Å². The first-order chi connectivity index (χ1) is 9.95. The first-order valence-corrected chi connectivity index (χ1v) is 8.23. The van der Waals surface area contributed by atoms with E-state index in [1.807, 2.05) is 0 Å². The number of thiophene rings is 1. The molecule has 1 heterocycles. The normalized spacial score (nSPS) is 10.8. The molecular weight excluding hydrogens is 266 g/mol. The van der Waals surface area contributed by atoms with Gasteiger partial charge in [-0.3, -0.25) is 0 Å². The van der Waals surface area contributed by atoms with E-state index in [0.29, 0.717) is 0 Å². The Morgan fingerprint density at radius 2 is 1.80 bits per heavy atom. The van der Waals surface area contributed by atoms with Gasteiger partial charge in [-0.05, 0) is 53.8 Å². The summed E-state index contributed by atoms with van der Waals surface area (Å²) in [5.41, 5.74) is 2.82. The summed E-state index contributed by atoms with van der Waals surface area (Å²) in [5, 5.41) is 7.75. The van der Waals surface area contributed by atoms with Gasteiger partial charge in [0.05, 0.1) is 6.61 Å². The number of hydrogen-bond acceptors (Lipinski definition) is 3. The van der Waals surface area contributed by atoms with E-state index in [0.717, 1.165) is 45.6 Å². The van der Waals surface area contributed by atoms with E-state index < -0.39 is 0 Å². The molecule has 0 saturated heterocycles. The Hall–Kier alpha value is -1.16. The number of ether oxygens (including phenoxy) is 1. The number of nitrogens with one attached hydrogen (secondary N) is 1. The summed E-state index contributed by atoms with van der Waals surface area (Å²) in [6, 6.07) is 12.8. The van der Waals surface area contributed by atoms with Gasteiger partial charge in [-0.15, -0.1) is 0 Å². The third-order valence-electron chi connectivity index (χ3n) is 3.19. The third-order valence-corrected chi connectivity index (χ3v) is 3.92. The van der Waals surface area contributed by atoms with Crippen LogP contribution in [-0.4, -0.2) is 26.3 Å². The van der Waals surface area contributed by atoms with Gasteiger partial charge in [0.1, 0.15) is 0 Å². The smallest absolute Gasteiger partial charge is 0.0590 e. The van der Waals surface area contributed by atoms with Gasteiger partial charge in [0.25, 0.3) is 0 Å². The topological polar surface area (TPSA) is 21.3 Å². The highest BCUT2D eigenvalue weighted by atomic mass is 32.1. The Balaban J connectivity index is 1.39. The fraction of sp³-hybridized carbons (Fsp3) is 0.412. The van der Waals surface area contributed by atoms with Crippen LogP contribution in [0.25, 0.3) is 0 Å². The molecule has 0 fully saturated rings. The van der Waals surface area contributed by atoms with Crippen LogP contribution in [0.5, 0.6) is 0 Å². The van der Waals surface area contributed by atoms with Crippen molar-refractivity contribution in [3.05, 3.63) is 58.3 Å². The van der Waals surface area contributed by atoms with Gasteiger partial charge in [0, 0.05) is 13.2 Å². The number of benzene rings is 1. The first kappa shape index (κ1) is 15.2. The standard InChI is InChI=1S/C17H23NOS/c1-2-5-16(6-3-1)7-4-12-19-13-11-18-10-8-17-9-14-20-15-17/h1-3,5-6,9,14-15,18H,4,7-8,10-13H2. The van der Waals surface area contributed by atoms with Gasteiger partial charge in [-0.1, -0.05) is 30.3 Å². The summed E-state index contributed by atoms with van der Waals surface area (Å²) in [6.45, 7) is 3.62. The maximum Gasteiger partial charge on any atom is 0.0590 e. The van der Waals surface area contributed by atoms with E-state index in [4.69, 9.17) is 4.74 Å². The lowest BCUT2D eigenvalue weighted by molar-refractivity contribution is 0.134. The summed E-state index contributed by atoms with van der Waals surface area (Å²) < 4.78 is 5.63. The van der Waals surface area contributed by atoms with E-state index in [1.165, 1.54) is 11.1 Å². The second kappa shape index (κ2) is 9.70. The Morgan fingerprint density at radius 1 is 0.900 bits per heavy atom. The highest BCUT2D eigenvalue weighted by Gasteiger charge is 1.94. The molecule has 0 radical (unpaired) electrons. The van der Waals surface area contributed by atoms with Crippen LogP contribution in [0.4, 0.5) is 0 Å². The minimum atomic E-state index is 0.804. The molecule has 2 nitrogen and oxygen atoms in total. The van der Waals surface area contributed by atoms with E-state index in [1.54, 1.807) is 11.3 Å². The molecule has 108 valence electrons. The minimum Gasteiger partial charge on any atom is -0.380 e. The lowest BCUT2D eigenvalue weighted by Crippen LogP contribution is -2.22. The molecule has 2 rings (SSSR count). The average molecular weight is 289 g/mol. The molecule has 2 aromatic rings. The van der Waals surface area contributed by atoms with Crippen molar-refractivity contribution < 1.29 is 4.74 Å². The van der Waals surface area contributed by atoms with Crippen LogP contribution >= 0.6 is 11.3 Å². The second-order valence-corrected chi connectivity index (χ2v) is 5.61. The Morgan fingerprint density at radius 3 is 2.60 bits per heavy atom. The van der Waals surface area contributed by atoms with Crippen LogP contribution in [0.2, 0.25) is 0 Å². The van der Waals surface area contributed by atoms with Gasteiger partial charge in [-0.2, -0.15) is 11.3 Å². The Bertz CT molecular complexity index is 441. The lowest BCUT2D eigenvalue weighted by atomic mass is 10.1. The summed E-state index contributed by atoms with van der Waals surface area (Å²) in [6.07, 6.45) is 3.31. The van der Waals surface area contributed by atoms with Crippen LogP contribution in [0.3, 0.4) is 0 Å². The zero-order chi connectivity index (χ0) is 13.9. The molecule has 0 amide bonds. The number of rotatable bonds is 10. The molecule has 0 atom stereocenters. The van der Waals surface area contributed by atoms with Crippen molar-refractivity contribution in [2.24, 2.45) is 0 Å². The summed E-state index contributed by atoms with van der Waals surface area (Å²) in [5.74, 6) is 0. The maximum atomic E-state index is 5.63. The molecule has 1 aromatic heterocycles. The average Bonchev–Trinajstić information content (AvgIpc) is 3.00. The monoisotopic (exact) mass is 289 g/mol. The number of aryl methyl sites for hydroxylation is 1. The van der Waals surface area contributed by atoms with Crippen molar-refractivity contribution in [3.8, 4) is 0 Å². The van der Waals surface area contributed by atoms with Crippen LogP contribution in [-0.2, 0) is 17.6 Å². The summed E-state index contributed by atoms with van der Waals surface area (Å²) in [4.78, 5) is 0. The zero-order valence-corrected chi connectivity index (χ0v) is 12.7. The van der Waals surface area contributed by atoms with Crippen LogP contribution < -0.4 is 5.32 Å². The van der Waals surface area contributed by atoms with Gasteiger partial charge < -0.3 is 10.1 Å². The van der Waals surface area contributed by atoms with Crippen molar-refractivity contribution in [1.82, 2.24) is 5.32 Å².